The van der Waals surface area contributed by atoms with E-state index in [9.17, 15) is 9.50 Å². The Morgan fingerprint density at radius 2 is 2.31 bits per heavy atom. The van der Waals surface area contributed by atoms with Crippen LogP contribution in [0.1, 0.15) is 17.5 Å². The number of imidazole rings is 1. The maximum Gasteiger partial charge on any atom is 0.130 e. The normalized spacial score (nSPS) is 12.7. The van der Waals surface area contributed by atoms with Gasteiger partial charge in [-0.2, -0.15) is 0 Å². The number of halogens is 2. The smallest absolute Gasteiger partial charge is 0.130 e. The lowest BCUT2D eigenvalue weighted by Gasteiger charge is -2.10. The standard InChI is InChI=1S/C11H10ClFN2O/c12-7-1-2-8(9(13)5-7)10(16)6-11-14-3-4-15-11/h1-5,10,16H,6H2,(H,14,15). The highest BCUT2D eigenvalue weighted by Crippen LogP contribution is 2.22. The van der Waals surface area contributed by atoms with Gasteiger partial charge in [0.05, 0.1) is 6.10 Å². The molecule has 0 saturated carbocycles. The van der Waals surface area contributed by atoms with Crippen LogP contribution in [0.5, 0.6) is 0 Å². The second-order valence-corrected chi connectivity index (χ2v) is 3.86. The Labute approximate surface area is 96.9 Å². The predicted octanol–water partition coefficient (Wildman–Crippen LogP) is 2.48. The van der Waals surface area contributed by atoms with E-state index in [1.54, 1.807) is 18.5 Å². The SMILES string of the molecule is OC(Cc1ncc[nH]1)c1ccc(Cl)cc1F. The van der Waals surface area contributed by atoms with Crippen molar-refractivity contribution in [2.75, 3.05) is 0 Å². The highest BCUT2D eigenvalue weighted by atomic mass is 35.5. The predicted molar refractivity (Wildman–Crippen MR) is 58.7 cm³/mol. The monoisotopic (exact) mass is 240 g/mol. The summed E-state index contributed by atoms with van der Waals surface area (Å²) in [5.74, 6) is 0.105. The number of aromatic nitrogens is 2. The summed E-state index contributed by atoms with van der Waals surface area (Å²) in [6, 6.07) is 4.21. The summed E-state index contributed by atoms with van der Waals surface area (Å²) in [5.41, 5.74) is 0.223. The summed E-state index contributed by atoms with van der Waals surface area (Å²) < 4.78 is 13.5. The molecule has 1 heterocycles. The molecule has 1 aromatic heterocycles. The number of aliphatic hydroxyl groups is 1. The second kappa shape index (κ2) is 4.63. The van der Waals surface area contributed by atoms with Gasteiger partial charge in [-0.25, -0.2) is 9.37 Å². The van der Waals surface area contributed by atoms with Crippen molar-refractivity contribution in [2.45, 2.75) is 12.5 Å². The number of H-pyrrole nitrogens is 1. The molecule has 3 nitrogen and oxygen atoms in total. The van der Waals surface area contributed by atoms with E-state index in [1.165, 1.54) is 12.1 Å². The molecule has 0 saturated heterocycles. The first kappa shape index (κ1) is 11.1. The summed E-state index contributed by atoms with van der Waals surface area (Å²) in [4.78, 5) is 6.81. The number of aliphatic hydroxyl groups excluding tert-OH is 1. The molecular formula is C11H10ClFN2O. The summed E-state index contributed by atoms with van der Waals surface area (Å²) in [6.45, 7) is 0. The maximum atomic E-state index is 13.5. The quantitative estimate of drug-likeness (QED) is 0.866. The number of hydrogen-bond donors (Lipinski definition) is 2. The highest BCUT2D eigenvalue weighted by molar-refractivity contribution is 6.30. The van der Waals surface area contributed by atoms with Crippen molar-refractivity contribution in [3.05, 3.63) is 52.8 Å². The molecular weight excluding hydrogens is 231 g/mol. The Morgan fingerprint density at radius 3 is 2.94 bits per heavy atom. The van der Waals surface area contributed by atoms with Crippen molar-refractivity contribution >= 4 is 11.6 Å². The number of rotatable bonds is 3. The summed E-state index contributed by atoms with van der Waals surface area (Å²) >= 11 is 5.62. The van der Waals surface area contributed by atoms with Crippen molar-refractivity contribution in [3.8, 4) is 0 Å². The minimum Gasteiger partial charge on any atom is -0.388 e. The van der Waals surface area contributed by atoms with E-state index in [4.69, 9.17) is 11.6 Å². The molecule has 0 aliphatic carbocycles. The number of hydrogen-bond acceptors (Lipinski definition) is 2. The van der Waals surface area contributed by atoms with Crippen LogP contribution >= 0.6 is 11.6 Å². The first-order valence-electron chi connectivity index (χ1n) is 4.78. The van der Waals surface area contributed by atoms with Crippen LogP contribution in [0, 0.1) is 5.82 Å². The lowest BCUT2D eigenvalue weighted by molar-refractivity contribution is 0.171. The summed E-state index contributed by atoms with van der Waals surface area (Å²) in [6.07, 6.45) is 2.55. The van der Waals surface area contributed by atoms with Gasteiger partial charge in [0.1, 0.15) is 11.6 Å². The van der Waals surface area contributed by atoms with E-state index in [0.29, 0.717) is 10.8 Å². The van der Waals surface area contributed by atoms with E-state index >= 15 is 0 Å². The van der Waals surface area contributed by atoms with Gasteiger partial charge in [-0.1, -0.05) is 17.7 Å². The van der Waals surface area contributed by atoms with Crippen molar-refractivity contribution in [3.63, 3.8) is 0 Å². The zero-order valence-electron chi connectivity index (χ0n) is 8.32. The van der Waals surface area contributed by atoms with Crippen LogP contribution in [0.3, 0.4) is 0 Å². The molecule has 2 rings (SSSR count). The van der Waals surface area contributed by atoms with E-state index < -0.39 is 11.9 Å². The van der Waals surface area contributed by atoms with E-state index in [1.807, 2.05) is 0 Å². The van der Waals surface area contributed by atoms with Crippen molar-refractivity contribution in [1.29, 1.82) is 0 Å². The number of nitrogens with one attached hydrogen (secondary N) is 1. The minimum absolute atomic E-state index is 0.223. The molecule has 1 aromatic carbocycles. The molecule has 1 unspecified atom stereocenters. The fraction of sp³-hybridized carbons (Fsp3) is 0.182. The van der Waals surface area contributed by atoms with Gasteiger partial charge in [-0.05, 0) is 12.1 Å². The van der Waals surface area contributed by atoms with Gasteiger partial charge in [0.25, 0.3) is 0 Å². The molecule has 2 aromatic rings. The number of benzene rings is 1. The maximum absolute atomic E-state index is 13.5. The Bertz CT molecular complexity index is 473. The molecule has 0 aliphatic rings. The lowest BCUT2D eigenvalue weighted by Crippen LogP contribution is -2.05. The van der Waals surface area contributed by atoms with E-state index in [2.05, 4.69) is 9.97 Å². The highest BCUT2D eigenvalue weighted by Gasteiger charge is 2.14. The van der Waals surface area contributed by atoms with Crippen LogP contribution in [-0.4, -0.2) is 15.1 Å². The van der Waals surface area contributed by atoms with Gasteiger partial charge < -0.3 is 10.1 Å². The van der Waals surface area contributed by atoms with E-state index in [-0.39, 0.29) is 12.0 Å². The van der Waals surface area contributed by atoms with Gasteiger partial charge in [-0.3, -0.25) is 0 Å². The number of nitrogens with zero attached hydrogens (tertiary/aromatic N) is 1. The molecule has 0 amide bonds. The third-order valence-electron chi connectivity index (χ3n) is 2.26. The summed E-state index contributed by atoms with van der Waals surface area (Å²) in [5, 5.41) is 10.1. The fourth-order valence-corrected chi connectivity index (χ4v) is 1.63. The van der Waals surface area contributed by atoms with Crippen molar-refractivity contribution in [1.82, 2.24) is 9.97 Å². The summed E-state index contributed by atoms with van der Waals surface area (Å²) in [7, 11) is 0. The van der Waals surface area contributed by atoms with Gasteiger partial charge in [0.2, 0.25) is 0 Å². The average molecular weight is 241 g/mol. The Hall–Kier alpha value is -1.39. The third kappa shape index (κ3) is 2.40. The van der Waals surface area contributed by atoms with Gasteiger partial charge in [-0.15, -0.1) is 0 Å². The van der Waals surface area contributed by atoms with Crippen LogP contribution in [0.4, 0.5) is 4.39 Å². The third-order valence-corrected chi connectivity index (χ3v) is 2.50. The second-order valence-electron chi connectivity index (χ2n) is 3.42. The average Bonchev–Trinajstić information content (AvgIpc) is 2.70. The Morgan fingerprint density at radius 1 is 1.50 bits per heavy atom. The topological polar surface area (TPSA) is 48.9 Å². The first-order chi connectivity index (χ1) is 7.66. The molecule has 1 atom stereocenters. The molecule has 5 heteroatoms. The Balaban J connectivity index is 2.17. The van der Waals surface area contributed by atoms with Crippen LogP contribution in [0.25, 0.3) is 0 Å². The molecule has 16 heavy (non-hydrogen) atoms. The van der Waals surface area contributed by atoms with Crippen molar-refractivity contribution < 1.29 is 9.50 Å². The first-order valence-corrected chi connectivity index (χ1v) is 5.16. The molecule has 84 valence electrons. The molecule has 0 fully saturated rings. The largest absolute Gasteiger partial charge is 0.388 e. The van der Waals surface area contributed by atoms with Crippen LogP contribution < -0.4 is 0 Å². The Kier molecular flexibility index (Phi) is 3.22. The van der Waals surface area contributed by atoms with Crippen LogP contribution in [-0.2, 0) is 6.42 Å². The van der Waals surface area contributed by atoms with Gasteiger partial charge in [0.15, 0.2) is 0 Å². The van der Waals surface area contributed by atoms with Crippen LogP contribution in [0.2, 0.25) is 5.02 Å². The molecule has 2 N–H and O–H groups in total. The van der Waals surface area contributed by atoms with Gasteiger partial charge >= 0.3 is 0 Å². The molecule has 0 aliphatic heterocycles. The zero-order chi connectivity index (χ0) is 11.5. The lowest BCUT2D eigenvalue weighted by atomic mass is 10.1. The molecule has 0 bridgehead atoms. The van der Waals surface area contributed by atoms with Gasteiger partial charge in [0, 0.05) is 29.4 Å². The van der Waals surface area contributed by atoms with Crippen LogP contribution in [0.15, 0.2) is 30.6 Å². The van der Waals surface area contributed by atoms with Crippen molar-refractivity contribution in [2.24, 2.45) is 0 Å². The number of aromatic amines is 1. The molecule has 0 spiro atoms. The minimum atomic E-state index is -0.927. The van der Waals surface area contributed by atoms with E-state index in [0.717, 1.165) is 0 Å². The molecule has 0 radical (unpaired) electrons. The zero-order valence-corrected chi connectivity index (χ0v) is 9.08. The fourth-order valence-electron chi connectivity index (χ4n) is 1.47.